The van der Waals surface area contributed by atoms with Gasteiger partial charge < -0.3 is 15.0 Å². The Morgan fingerprint density at radius 3 is 2.58 bits per heavy atom. The zero-order chi connectivity index (χ0) is 18.4. The van der Waals surface area contributed by atoms with Crippen LogP contribution >= 0.6 is 0 Å². The van der Waals surface area contributed by atoms with E-state index in [2.05, 4.69) is 23.2 Å². The lowest BCUT2D eigenvalue weighted by atomic mass is 9.86. The van der Waals surface area contributed by atoms with E-state index in [1.807, 2.05) is 24.3 Å². The van der Waals surface area contributed by atoms with E-state index < -0.39 is 0 Å². The summed E-state index contributed by atoms with van der Waals surface area (Å²) in [4.78, 5) is 14.8. The van der Waals surface area contributed by atoms with E-state index in [-0.39, 0.29) is 17.5 Å². The zero-order valence-electron chi connectivity index (χ0n) is 15.4. The smallest absolute Gasteiger partial charge is 0.262 e. The minimum atomic E-state index is -0.261. The van der Waals surface area contributed by atoms with Crippen LogP contribution in [-0.2, 0) is 9.53 Å². The van der Waals surface area contributed by atoms with Gasteiger partial charge in [-0.15, -0.1) is 0 Å². The van der Waals surface area contributed by atoms with E-state index in [0.717, 1.165) is 56.8 Å². The van der Waals surface area contributed by atoms with Gasteiger partial charge in [0.15, 0.2) is 0 Å². The third kappa shape index (κ3) is 4.64. The molecule has 1 aliphatic heterocycles. The molecule has 138 valence electrons. The maximum absolute atomic E-state index is 12.5. The van der Waals surface area contributed by atoms with E-state index >= 15 is 0 Å². The number of nitrogens with zero attached hydrogens (tertiary/aromatic N) is 2. The normalized spacial score (nSPS) is 24.0. The van der Waals surface area contributed by atoms with Crippen LogP contribution in [0, 0.1) is 17.2 Å². The molecule has 2 atom stereocenters. The molecule has 1 aromatic rings. The number of hydrogen-bond donors (Lipinski definition) is 1. The minimum absolute atomic E-state index is 0.168. The van der Waals surface area contributed by atoms with Crippen LogP contribution in [0.3, 0.4) is 0 Å². The third-order valence-electron chi connectivity index (χ3n) is 5.37. The standard InChI is InChI=1S/C21H27N3O2/c1-16-4-2-3-5-20(16)23-21(25)18(15-22)14-17-6-8-19(9-7-17)24-10-12-26-13-11-24/h6-9,14,16,20H,2-5,10-13H2,1H3,(H,23,25)/b18-14-/t16-,20+/m1/s1. The van der Waals surface area contributed by atoms with Crippen molar-refractivity contribution >= 4 is 17.7 Å². The number of benzene rings is 1. The lowest BCUT2D eigenvalue weighted by Gasteiger charge is -2.29. The maximum Gasteiger partial charge on any atom is 0.262 e. The molecule has 1 saturated heterocycles. The molecular weight excluding hydrogens is 326 g/mol. The fourth-order valence-corrected chi connectivity index (χ4v) is 3.70. The summed E-state index contributed by atoms with van der Waals surface area (Å²) < 4.78 is 5.38. The van der Waals surface area contributed by atoms with Crippen molar-refractivity contribution in [3.8, 4) is 6.07 Å². The van der Waals surface area contributed by atoms with Gasteiger partial charge in [0.25, 0.3) is 5.91 Å². The van der Waals surface area contributed by atoms with Crippen molar-refractivity contribution < 1.29 is 9.53 Å². The van der Waals surface area contributed by atoms with Gasteiger partial charge >= 0.3 is 0 Å². The van der Waals surface area contributed by atoms with Crippen LogP contribution in [0.5, 0.6) is 0 Å². The molecule has 2 aliphatic rings. The van der Waals surface area contributed by atoms with Crippen LogP contribution in [-0.4, -0.2) is 38.3 Å². The number of amides is 1. The Kier molecular flexibility index (Phi) is 6.30. The van der Waals surface area contributed by atoms with Gasteiger partial charge in [-0.25, -0.2) is 0 Å². The first-order valence-corrected chi connectivity index (χ1v) is 9.53. The quantitative estimate of drug-likeness (QED) is 0.667. The molecule has 1 saturated carbocycles. The summed E-state index contributed by atoms with van der Waals surface area (Å²) >= 11 is 0. The van der Waals surface area contributed by atoms with Crippen LogP contribution in [0.15, 0.2) is 29.8 Å². The predicted molar refractivity (Wildman–Crippen MR) is 103 cm³/mol. The van der Waals surface area contributed by atoms with Gasteiger partial charge in [0.1, 0.15) is 11.6 Å². The highest BCUT2D eigenvalue weighted by Gasteiger charge is 2.24. The van der Waals surface area contributed by atoms with Crippen LogP contribution in [0.4, 0.5) is 5.69 Å². The van der Waals surface area contributed by atoms with Crippen molar-refractivity contribution in [2.24, 2.45) is 5.92 Å². The molecule has 5 nitrogen and oxygen atoms in total. The molecule has 5 heteroatoms. The Labute approximate surface area is 155 Å². The summed E-state index contributed by atoms with van der Waals surface area (Å²) in [6.45, 7) is 5.45. The van der Waals surface area contributed by atoms with Crippen molar-refractivity contribution in [3.63, 3.8) is 0 Å². The van der Waals surface area contributed by atoms with Crippen LogP contribution in [0.1, 0.15) is 38.2 Å². The fourth-order valence-electron chi connectivity index (χ4n) is 3.70. The summed E-state index contributed by atoms with van der Waals surface area (Å²) in [7, 11) is 0. The second-order valence-electron chi connectivity index (χ2n) is 7.20. The van der Waals surface area contributed by atoms with Crippen molar-refractivity contribution in [2.45, 2.75) is 38.6 Å². The lowest BCUT2D eigenvalue weighted by Crippen LogP contribution is -2.41. The molecule has 0 aromatic heterocycles. The van der Waals surface area contributed by atoms with Gasteiger partial charge in [-0.05, 0) is 42.5 Å². The number of nitriles is 1. The number of carbonyl (C=O) groups excluding carboxylic acids is 1. The lowest BCUT2D eigenvalue weighted by molar-refractivity contribution is -0.118. The maximum atomic E-state index is 12.5. The second-order valence-corrected chi connectivity index (χ2v) is 7.20. The third-order valence-corrected chi connectivity index (χ3v) is 5.37. The van der Waals surface area contributed by atoms with Crippen molar-refractivity contribution in [1.29, 1.82) is 5.26 Å². The minimum Gasteiger partial charge on any atom is -0.378 e. The molecule has 3 rings (SSSR count). The Hall–Kier alpha value is -2.32. The fraction of sp³-hybridized carbons (Fsp3) is 0.524. The van der Waals surface area contributed by atoms with E-state index in [1.54, 1.807) is 6.08 Å². The molecular formula is C21H27N3O2. The second kappa shape index (κ2) is 8.86. The van der Waals surface area contributed by atoms with E-state index in [4.69, 9.17) is 4.74 Å². The molecule has 0 radical (unpaired) electrons. The summed E-state index contributed by atoms with van der Waals surface area (Å²) in [5.41, 5.74) is 2.18. The van der Waals surface area contributed by atoms with Crippen LogP contribution < -0.4 is 10.2 Å². The number of carbonyl (C=O) groups is 1. The zero-order valence-corrected chi connectivity index (χ0v) is 15.4. The first-order valence-electron chi connectivity index (χ1n) is 9.53. The van der Waals surface area contributed by atoms with E-state index in [9.17, 15) is 10.1 Å². The molecule has 1 aromatic carbocycles. The topological polar surface area (TPSA) is 65.4 Å². The SMILES string of the molecule is C[C@@H]1CCCC[C@@H]1NC(=O)/C(C#N)=C\c1ccc(N2CCOCC2)cc1. The Morgan fingerprint density at radius 1 is 1.23 bits per heavy atom. The van der Waals surface area contributed by atoms with Gasteiger partial charge in [-0.1, -0.05) is 31.9 Å². The predicted octanol–water partition coefficient (Wildman–Crippen LogP) is 3.13. The van der Waals surface area contributed by atoms with Gasteiger partial charge in [-0.3, -0.25) is 4.79 Å². The molecule has 0 unspecified atom stereocenters. The monoisotopic (exact) mass is 353 g/mol. The molecule has 0 spiro atoms. The molecule has 26 heavy (non-hydrogen) atoms. The van der Waals surface area contributed by atoms with Gasteiger partial charge in [0, 0.05) is 24.8 Å². The molecule has 1 amide bonds. The highest BCUT2D eigenvalue weighted by molar-refractivity contribution is 6.01. The van der Waals surface area contributed by atoms with Crippen molar-refractivity contribution in [2.75, 3.05) is 31.2 Å². The number of hydrogen-bond acceptors (Lipinski definition) is 4. The van der Waals surface area contributed by atoms with E-state index in [1.165, 1.54) is 6.42 Å². The van der Waals surface area contributed by atoms with Crippen molar-refractivity contribution in [1.82, 2.24) is 5.32 Å². The first kappa shape index (κ1) is 18.5. The Morgan fingerprint density at radius 2 is 1.92 bits per heavy atom. The van der Waals surface area contributed by atoms with E-state index in [0.29, 0.717) is 5.92 Å². The van der Waals surface area contributed by atoms with Gasteiger partial charge in [0.2, 0.25) is 0 Å². The number of ether oxygens (including phenoxy) is 1. The molecule has 1 aliphatic carbocycles. The molecule has 2 fully saturated rings. The number of rotatable bonds is 4. The molecule has 1 N–H and O–H groups in total. The summed E-state index contributed by atoms with van der Waals surface area (Å²) in [6, 6.07) is 10.2. The number of nitrogens with one attached hydrogen (secondary N) is 1. The average molecular weight is 353 g/mol. The van der Waals surface area contributed by atoms with Crippen molar-refractivity contribution in [3.05, 3.63) is 35.4 Å². The summed E-state index contributed by atoms with van der Waals surface area (Å²) in [5.74, 6) is 0.212. The summed E-state index contributed by atoms with van der Waals surface area (Å²) in [5, 5.41) is 12.5. The molecule has 0 bridgehead atoms. The van der Waals surface area contributed by atoms with Gasteiger partial charge in [0.05, 0.1) is 13.2 Å². The highest BCUT2D eigenvalue weighted by atomic mass is 16.5. The Bertz CT molecular complexity index is 684. The summed E-state index contributed by atoms with van der Waals surface area (Å²) in [6.07, 6.45) is 6.18. The average Bonchev–Trinajstić information content (AvgIpc) is 2.69. The van der Waals surface area contributed by atoms with Crippen LogP contribution in [0.2, 0.25) is 0 Å². The number of anilines is 1. The number of morpholine rings is 1. The highest BCUT2D eigenvalue weighted by Crippen LogP contribution is 2.24. The van der Waals surface area contributed by atoms with Crippen LogP contribution in [0.25, 0.3) is 6.08 Å². The van der Waals surface area contributed by atoms with Gasteiger partial charge in [-0.2, -0.15) is 5.26 Å². The Balaban J connectivity index is 1.66. The first-order chi connectivity index (χ1) is 12.7. The molecule has 1 heterocycles. The largest absolute Gasteiger partial charge is 0.378 e.